The molecule has 0 unspecified atom stereocenters. The Morgan fingerprint density at radius 2 is 1.85 bits per heavy atom. The number of carbonyl (C=O) groups excluding carboxylic acids is 2. The van der Waals surface area contributed by atoms with Crippen molar-refractivity contribution in [1.82, 2.24) is 5.32 Å². The van der Waals surface area contributed by atoms with Crippen LogP contribution in [0.5, 0.6) is 0 Å². The predicted molar refractivity (Wildman–Crippen MR) is 48.0 cm³/mol. The van der Waals surface area contributed by atoms with Crippen LogP contribution < -0.4 is 11.1 Å². The lowest BCUT2D eigenvalue weighted by Crippen LogP contribution is -2.44. The summed E-state index contributed by atoms with van der Waals surface area (Å²) in [5.41, 5.74) is 4.29. The third-order valence-corrected chi connectivity index (χ3v) is 1.12. The number of urea groups is 1. The minimum atomic E-state index is -0.738. The summed E-state index contributed by atoms with van der Waals surface area (Å²) in [5.74, 6) is -0.494. The summed E-state index contributed by atoms with van der Waals surface area (Å²) in [5, 5.41) is 2.23. The molecule has 5 heteroatoms. The molecule has 0 aromatic rings. The first kappa shape index (κ1) is 11.7. The summed E-state index contributed by atoms with van der Waals surface area (Å²) in [6.45, 7) is 6.77. The first-order valence-corrected chi connectivity index (χ1v) is 4.01. The Morgan fingerprint density at radius 1 is 1.38 bits per heavy atom. The molecular formula is C8H16N2O3. The van der Waals surface area contributed by atoms with Crippen LogP contribution in [-0.4, -0.2) is 23.6 Å². The zero-order chi connectivity index (χ0) is 10.6. The van der Waals surface area contributed by atoms with E-state index in [1.165, 1.54) is 6.92 Å². The van der Waals surface area contributed by atoms with Crippen LogP contribution >= 0.6 is 0 Å². The molecule has 2 amide bonds. The molecule has 0 fully saturated rings. The van der Waals surface area contributed by atoms with Crippen molar-refractivity contribution in [1.29, 1.82) is 0 Å². The molecule has 0 aliphatic rings. The highest BCUT2D eigenvalue weighted by molar-refractivity contribution is 5.82. The molecule has 0 rings (SSSR count). The van der Waals surface area contributed by atoms with Crippen molar-refractivity contribution in [2.75, 3.05) is 0 Å². The van der Waals surface area contributed by atoms with E-state index in [4.69, 9.17) is 10.5 Å². The molecule has 0 saturated heterocycles. The molecule has 0 aliphatic heterocycles. The van der Waals surface area contributed by atoms with E-state index in [1.54, 1.807) is 20.8 Å². The second kappa shape index (κ2) is 4.11. The number of nitrogens with one attached hydrogen (secondary N) is 1. The lowest BCUT2D eigenvalue weighted by Gasteiger charge is -2.22. The first-order valence-electron chi connectivity index (χ1n) is 4.01. The second-order valence-electron chi connectivity index (χ2n) is 3.76. The van der Waals surface area contributed by atoms with Crippen LogP contribution in [0.4, 0.5) is 4.79 Å². The molecule has 13 heavy (non-hydrogen) atoms. The maximum Gasteiger partial charge on any atom is 0.328 e. The van der Waals surface area contributed by atoms with Crippen molar-refractivity contribution in [2.24, 2.45) is 5.73 Å². The van der Waals surface area contributed by atoms with E-state index in [1.807, 2.05) is 0 Å². The molecular weight excluding hydrogens is 172 g/mol. The highest BCUT2D eigenvalue weighted by Gasteiger charge is 2.21. The average molecular weight is 188 g/mol. The van der Waals surface area contributed by atoms with Gasteiger partial charge in [0.05, 0.1) is 0 Å². The van der Waals surface area contributed by atoms with Crippen LogP contribution in [0.25, 0.3) is 0 Å². The summed E-state index contributed by atoms with van der Waals surface area (Å²) in [6.07, 6.45) is 0. The largest absolute Gasteiger partial charge is 0.458 e. The molecule has 0 radical (unpaired) electrons. The van der Waals surface area contributed by atoms with Gasteiger partial charge < -0.3 is 15.8 Å². The maximum atomic E-state index is 11.2. The Hall–Kier alpha value is -1.26. The van der Waals surface area contributed by atoms with E-state index in [0.717, 1.165) is 0 Å². The lowest BCUT2D eigenvalue weighted by molar-refractivity contribution is -0.156. The standard InChI is InChI=1S/C8H16N2O3/c1-5(10-7(9)12)6(11)13-8(2,3)4/h5H,1-4H3,(H3,9,10,12)/t5-/m0/s1. The monoisotopic (exact) mass is 188 g/mol. The Kier molecular flexibility index (Phi) is 3.71. The van der Waals surface area contributed by atoms with E-state index < -0.39 is 23.6 Å². The van der Waals surface area contributed by atoms with Gasteiger partial charge in [-0.3, -0.25) is 0 Å². The summed E-state index contributed by atoms with van der Waals surface area (Å²) in [6, 6.07) is -1.45. The van der Waals surface area contributed by atoms with Gasteiger partial charge in [0.25, 0.3) is 0 Å². The topological polar surface area (TPSA) is 81.4 Å². The van der Waals surface area contributed by atoms with Gasteiger partial charge in [-0.2, -0.15) is 0 Å². The summed E-state index contributed by atoms with van der Waals surface area (Å²) >= 11 is 0. The molecule has 0 aromatic heterocycles. The fourth-order valence-corrected chi connectivity index (χ4v) is 0.662. The van der Waals surface area contributed by atoms with Gasteiger partial charge in [-0.05, 0) is 27.7 Å². The molecule has 0 aromatic carbocycles. The molecule has 0 heterocycles. The van der Waals surface area contributed by atoms with Crippen molar-refractivity contribution in [3.8, 4) is 0 Å². The van der Waals surface area contributed by atoms with Crippen LogP contribution in [0, 0.1) is 0 Å². The van der Waals surface area contributed by atoms with Crippen LogP contribution in [-0.2, 0) is 9.53 Å². The third-order valence-electron chi connectivity index (χ3n) is 1.12. The van der Waals surface area contributed by atoms with Gasteiger partial charge in [-0.15, -0.1) is 0 Å². The van der Waals surface area contributed by atoms with E-state index in [0.29, 0.717) is 0 Å². The molecule has 0 spiro atoms. The van der Waals surface area contributed by atoms with Gasteiger partial charge in [-0.1, -0.05) is 0 Å². The summed E-state index contributed by atoms with van der Waals surface area (Å²) in [7, 11) is 0. The molecule has 76 valence electrons. The number of hydrogen-bond acceptors (Lipinski definition) is 3. The Labute approximate surface area is 77.6 Å². The molecule has 1 atom stereocenters. The first-order chi connectivity index (χ1) is 5.72. The SMILES string of the molecule is C[C@H](NC(N)=O)C(=O)OC(C)(C)C. The van der Waals surface area contributed by atoms with Crippen LogP contribution in [0.15, 0.2) is 0 Å². The quantitative estimate of drug-likeness (QED) is 0.615. The summed E-state index contributed by atoms with van der Waals surface area (Å²) in [4.78, 5) is 21.6. The zero-order valence-corrected chi connectivity index (χ0v) is 8.38. The van der Waals surface area contributed by atoms with E-state index in [2.05, 4.69) is 5.32 Å². The van der Waals surface area contributed by atoms with Crippen molar-refractivity contribution in [3.05, 3.63) is 0 Å². The summed E-state index contributed by atoms with van der Waals surface area (Å²) < 4.78 is 4.99. The van der Waals surface area contributed by atoms with Crippen LogP contribution in [0.2, 0.25) is 0 Å². The van der Waals surface area contributed by atoms with E-state index >= 15 is 0 Å². The maximum absolute atomic E-state index is 11.2. The fraction of sp³-hybridized carbons (Fsp3) is 0.750. The molecule has 0 bridgehead atoms. The van der Waals surface area contributed by atoms with Gasteiger partial charge in [0.15, 0.2) is 0 Å². The normalized spacial score (nSPS) is 13.2. The van der Waals surface area contributed by atoms with Crippen molar-refractivity contribution in [3.63, 3.8) is 0 Å². The van der Waals surface area contributed by atoms with Gasteiger partial charge in [0.1, 0.15) is 11.6 Å². The Bertz CT molecular complexity index is 208. The van der Waals surface area contributed by atoms with E-state index in [9.17, 15) is 9.59 Å². The van der Waals surface area contributed by atoms with Gasteiger partial charge in [0.2, 0.25) is 0 Å². The second-order valence-corrected chi connectivity index (χ2v) is 3.76. The average Bonchev–Trinajstić information content (AvgIpc) is 1.81. The minimum Gasteiger partial charge on any atom is -0.458 e. The zero-order valence-electron chi connectivity index (χ0n) is 8.38. The predicted octanol–water partition coefficient (Wildman–Crippen LogP) is 0.385. The molecule has 5 nitrogen and oxygen atoms in total. The number of rotatable bonds is 2. The minimum absolute atomic E-state index is 0.494. The number of primary amides is 1. The Balaban J connectivity index is 4.05. The molecule has 0 aliphatic carbocycles. The van der Waals surface area contributed by atoms with Crippen molar-refractivity contribution >= 4 is 12.0 Å². The lowest BCUT2D eigenvalue weighted by atomic mass is 10.2. The molecule has 0 saturated carbocycles. The number of nitrogens with two attached hydrogens (primary N) is 1. The van der Waals surface area contributed by atoms with Gasteiger partial charge >= 0.3 is 12.0 Å². The molecule has 3 N–H and O–H groups in total. The highest BCUT2D eigenvalue weighted by Crippen LogP contribution is 2.07. The van der Waals surface area contributed by atoms with Gasteiger partial charge in [-0.25, -0.2) is 9.59 Å². The van der Waals surface area contributed by atoms with Gasteiger partial charge in [0, 0.05) is 0 Å². The number of hydrogen-bond donors (Lipinski definition) is 2. The third kappa shape index (κ3) is 5.95. The van der Waals surface area contributed by atoms with Crippen molar-refractivity contribution < 1.29 is 14.3 Å². The van der Waals surface area contributed by atoms with Crippen molar-refractivity contribution in [2.45, 2.75) is 39.3 Å². The number of esters is 1. The highest BCUT2D eigenvalue weighted by atomic mass is 16.6. The fourth-order valence-electron chi connectivity index (χ4n) is 0.662. The smallest absolute Gasteiger partial charge is 0.328 e. The van der Waals surface area contributed by atoms with E-state index in [-0.39, 0.29) is 0 Å². The number of ether oxygens (including phenoxy) is 1. The Morgan fingerprint density at radius 3 is 2.15 bits per heavy atom. The van der Waals surface area contributed by atoms with Crippen LogP contribution in [0.3, 0.4) is 0 Å². The number of amides is 2. The number of carbonyl (C=O) groups is 2. The van der Waals surface area contributed by atoms with Crippen LogP contribution in [0.1, 0.15) is 27.7 Å².